The number of carbonyl (C=O) groups is 2. The number of amides is 1. The molecule has 6 nitrogen and oxygen atoms in total. The molecule has 1 aromatic heterocycles. The first-order chi connectivity index (χ1) is 10.5. The predicted octanol–water partition coefficient (Wildman–Crippen LogP) is 2.04. The van der Waals surface area contributed by atoms with Crippen molar-refractivity contribution in [3.8, 4) is 0 Å². The minimum absolute atomic E-state index is 0.0884. The quantitative estimate of drug-likeness (QED) is 0.755. The van der Waals surface area contributed by atoms with E-state index in [1.54, 1.807) is 23.6 Å². The van der Waals surface area contributed by atoms with Crippen LogP contribution in [-0.2, 0) is 24.2 Å². The molecule has 0 saturated carbocycles. The van der Waals surface area contributed by atoms with E-state index in [1.807, 2.05) is 6.92 Å². The average molecular weight is 319 g/mol. The van der Waals surface area contributed by atoms with Crippen LogP contribution in [0.5, 0.6) is 0 Å². The summed E-state index contributed by atoms with van der Waals surface area (Å²) in [5, 5.41) is 14.4. The highest BCUT2D eigenvalue weighted by molar-refractivity contribution is 7.09. The molecule has 22 heavy (non-hydrogen) atoms. The van der Waals surface area contributed by atoms with Gasteiger partial charge in [0.05, 0.1) is 23.4 Å². The maximum Gasteiger partial charge on any atom is 0.337 e. The van der Waals surface area contributed by atoms with Gasteiger partial charge in [-0.15, -0.1) is 11.3 Å². The number of hydrogen-bond acceptors (Lipinski definition) is 5. The number of aryl methyl sites for hydroxylation is 1. The number of benzene rings is 1. The number of aromatic carboxylic acids is 1. The number of nitrogens with one attached hydrogen (secondary N) is 1. The Morgan fingerprint density at radius 1 is 1.41 bits per heavy atom. The van der Waals surface area contributed by atoms with Crippen LogP contribution in [-0.4, -0.2) is 22.0 Å². The lowest BCUT2D eigenvalue weighted by Crippen LogP contribution is -2.17. The van der Waals surface area contributed by atoms with Gasteiger partial charge in [0.2, 0.25) is 5.91 Å². The molecule has 0 aliphatic rings. The Bertz CT molecular complexity index is 697. The lowest BCUT2D eigenvalue weighted by atomic mass is 10.1. The van der Waals surface area contributed by atoms with E-state index in [1.165, 1.54) is 11.3 Å². The molecule has 0 spiro atoms. The fourth-order valence-corrected chi connectivity index (χ4v) is 2.65. The van der Waals surface area contributed by atoms with Gasteiger partial charge in [-0.25, -0.2) is 9.78 Å². The van der Waals surface area contributed by atoms with E-state index in [4.69, 9.17) is 5.73 Å². The van der Waals surface area contributed by atoms with Crippen LogP contribution in [0, 0.1) is 0 Å². The standard InChI is InChI=1S/C15H17N3O3S/c1-2-9-3-4-12(11(5-9)15(20)21)18-13(19)6-10-8-22-14(7-16)17-10/h3-5,8H,2,6-7,16H2,1H3,(H,18,19)(H,20,21). The molecule has 0 aliphatic heterocycles. The van der Waals surface area contributed by atoms with Gasteiger partial charge in [-0.2, -0.15) is 0 Å². The summed E-state index contributed by atoms with van der Waals surface area (Å²) in [4.78, 5) is 27.5. The van der Waals surface area contributed by atoms with Crippen molar-refractivity contribution in [1.29, 1.82) is 0 Å². The second-order valence-electron chi connectivity index (χ2n) is 4.70. The Hall–Kier alpha value is -2.25. The zero-order chi connectivity index (χ0) is 16.1. The van der Waals surface area contributed by atoms with Crippen LogP contribution < -0.4 is 11.1 Å². The number of nitrogens with two attached hydrogens (primary N) is 1. The van der Waals surface area contributed by atoms with Gasteiger partial charge in [0.15, 0.2) is 0 Å². The van der Waals surface area contributed by atoms with E-state index in [2.05, 4.69) is 10.3 Å². The third-order valence-electron chi connectivity index (χ3n) is 3.11. The molecule has 0 fully saturated rings. The third kappa shape index (κ3) is 3.90. The molecule has 0 saturated heterocycles. The Balaban J connectivity index is 2.12. The predicted molar refractivity (Wildman–Crippen MR) is 85.1 cm³/mol. The zero-order valence-corrected chi connectivity index (χ0v) is 12.9. The topological polar surface area (TPSA) is 105 Å². The summed E-state index contributed by atoms with van der Waals surface area (Å²) in [7, 11) is 0. The van der Waals surface area contributed by atoms with Crippen LogP contribution in [0.1, 0.15) is 33.5 Å². The zero-order valence-electron chi connectivity index (χ0n) is 12.1. The van der Waals surface area contributed by atoms with Crippen LogP contribution in [0.4, 0.5) is 5.69 Å². The van der Waals surface area contributed by atoms with Gasteiger partial charge in [0.1, 0.15) is 5.01 Å². The number of carboxylic acids is 1. The van der Waals surface area contributed by atoms with Crippen LogP contribution in [0.15, 0.2) is 23.6 Å². The largest absolute Gasteiger partial charge is 0.478 e. The number of hydrogen-bond donors (Lipinski definition) is 3. The highest BCUT2D eigenvalue weighted by Crippen LogP contribution is 2.19. The molecular formula is C15H17N3O3S. The number of carboxylic acid groups (broad SMARTS) is 1. The fourth-order valence-electron chi connectivity index (χ4n) is 1.98. The highest BCUT2D eigenvalue weighted by atomic mass is 32.1. The van der Waals surface area contributed by atoms with Crippen molar-refractivity contribution in [2.24, 2.45) is 5.73 Å². The van der Waals surface area contributed by atoms with Gasteiger partial charge in [-0.3, -0.25) is 4.79 Å². The van der Waals surface area contributed by atoms with Crippen LogP contribution in [0.2, 0.25) is 0 Å². The Morgan fingerprint density at radius 2 is 2.18 bits per heavy atom. The molecule has 7 heteroatoms. The molecule has 0 radical (unpaired) electrons. The first-order valence-electron chi connectivity index (χ1n) is 6.83. The lowest BCUT2D eigenvalue weighted by Gasteiger charge is -2.09. The summed E-state index contributed by atoms with van der Waals surface area (Å²) >= 11 is 1.40. The van der Waals surface area contributed by atoms with Gasteiger partial charge in [-0.05, 0) is 24.1 Å². The number of nitrogens with zero attached hydrogens (tertiary/aromatic N) is 1. The smallest absolute Gasteiger partial charge is 0.337 e. The second-order valence-corrected chi connectivity index (χ2v) is 5.64. The molecule has 2 aromatic rings. The average Bonchev–Trinajstić information content (AvgIpc) is 2.94. The van der Waals surface area contributed by atoms with Gasteiger partial charge >= 0.3 is 5.97 Å². The molecule has 1 heterocycles. The fraction of sp³-hybridized carbons (Fsp3) is 0.267. The lowest BCUT2D eigenvalue weighted by molar-refractivity contribution is -0.115. The van der Waals surface area contributed by atoms with E-state index in [-0.39, 0.29) is 17.9 Å². The van der Waals surface area contributed by atoms with Crippen molar-refractivity contribution < 1.29 is 14.7 Å². The first-order valence-corrected chi connectivity index (χ1v) is 7.70. The van der Waals surface area contributed by atoms with Crippen molar-refractivity contribution in [2.45, 2.75) is 26.3 Å². The number of rotatable bonds is 6. The minimum Gasteiger partial charge on any atom is -0.478 e. The molecule has 2 rings (SSSR count). The molecule has 116 valence electrons. The van der Waals surface area contributed by atoms with Crippen molar-refractivity contribution in [2.75, 3.05) is 5.32 Å². The van der Waals surface area contributed by atoms with Gasteiger partial charge < -0.3 is 16.2 Å². The van der Waals surface area contributed by atoms with E-state index >= 15 is 0 Å². The van der Waals surface area contributed by atoms with Crippen LogP contribution in [0.25, 0.3) is 0 Å². The molecule has 0 bridgehead atoms. The van der Waals surface area contributed by atoms with Crippen molar-refractivity contribution in [3.05, 3.63) is 45.4 Å². The van der Waals surface area contributed by atoms with Crippen LogP contribution >= 0.6 is 11.3 Å². The highest BCUT2D eigenvalue weighted by Gasteiger charge is 2.14. The van der Waals surface area contributed by atoms with Crippen LogP contribution in [0.3, 0.4) is 0 Å². The molecule has 0 unspecified atom stereocenters. The summed E-state index contributed by atoms with van der Waals surface area (Å²) < 4.78 is 0. The summed E-state index contributed by atoms with van der Waals surface area (Å²) in [6.07, 6.45) is 0.820. The molecular weight excluding hydrogens is 302 g/mol. The van der Waals surface area contributed by atoms with Crippen molar-refractivity contribution >= 4 is 28.9 Å². The summed E-state index contributed by atoms with van der Waals surface area (Å²) in [5.74, 6) is -1.37. The Morgan fingerprint density at radius 3 is 2.77 bits per heavy atom. The molecule has 0 atom stereocenters. The van der Waals surface area contributed by atoms with Gasteiger partial charge in [-0.1, -0.05) is 13.0 Å². The van der Waals surface area contributed by atoms with E-state index in [0.29, 0.717) is 17.9 Å². The summed E-state index contributed by atoms with van der Waals surface area (Å²) in [5.41, 5.74) is 7.40. The normalized spacial score (nSPS) is 10.5. The summed E-state index contributed by atoms with van der Waals surface area (Å²) in [6, 6.07) is 5.00. The number of aromatic nitrogens is 1. The van der Waals surface area contributed by atoms with E-state index in [0.717, 1.165) is 17.0 Å². The molecule has 0 aliphatic carbocycles. The summed E-state index contributed by atoms with van der Waals surface area (Å²) in [6.45, 7) is 2.28. The Labute approximate surface area is 132 Å². The van der Waals surface area contributed by atoms with E-state index < -0.39 is 5.97 Å². The number of thiazole rings is 1. The number of anilines is 1. The first kappa shape index (κ1) is 16.1. The Kier molecular flexibility index (Phi) is 5.24. The minimum atomic E-state index is -1.07. The number of carbonyl (C=O) groups excluding carboxylic acids is 1. The molecule has 4 N–H and O–H groups in total. The molecule has 1 aromatic carbocycles. The van der Waals surface area contributed by atoms with Gasteiger partial charge in [0.25, 0.3) is 0 Å². The van der Waals surface area contributed by atoms with Gasteiger partial charge in [0, 0.05) is 11.9 Å². The van der Waals surface area contributed by atoms with E-state index in [9.17, 15) is 14.7 Å². The second kappa shape index (κ2) is 7.15. The van der Waals surface area contributed by atoms with Crippen molar-refractivity contribution in [1.82, 2.24) is 4.98 Å². The maximum absolute atomic E-state index is 12.0. The SMILES string of the molecule is CCc1ccc(NC(=O)Cc2csc(CN)n2)c(C(=O)O)c1. The molecule has 1 amide bonds. The monoisotopic (exact) mass is 319 g/mol. The maximum atomic E-state index is 12.0. The van der Waals surface area contributed by atoms with Crippen molar-refractivity contribution in [3.63, 3.8) is 0 Å². The third-order valence-corrected chi connectivity index (χ3v) is 4.03.